The average molecular weight is 284 g/mol. The Morgan fingerprint density at radius 2 is 2.12 bits per heavy atom. The van der Waals surface area contributed by atoms with Crippen molar-refractivity contribution >= 4 is 21.8 Å². The van der Waals surface area contributed by atoms with Crippen LogP contribution in [0.1, 0.15) is 18.0 Å². The molecule has 0 aliphatic carbocycles. The number of alkyl halides is 1. The number of hydrogen-bond acceptors (Lipinski definition) is 2. The van der Waals surface area contributed by atoms with Gasteiger partial charge in [-0.1, -0.05) is 46.3 Å². The van der Waals surface area contributed by atoms with Crippen LogP contribution in [0.2, 0.25) is 0 Å². The van der Waals surface area contributed by atoms with Crippen molar-refractivity contribution < 1.29 is 9.90 Å². The van der Waals surface area contributed by atoms with Crippen LogP contribution in [0.25, 0.3) is 0 Å². The Morgan fingerprint density at radius 3 is 2.62 bits per heavy atom. The van der Waals surface area contributed by atoms with E-state index < -0.39 is 0 Å². The molecule has 0 spiro atoms. The van der Waals surface area contributed by atoms with Crippen molar-refractivity contribution in [2.45, 2.75) is 17.3 Å². The zero-order chi connectivity index (χ0) is 11.5. The average Bonchev–Trinajstić information content (AvgIpc) is 2.61. The molecule has 3 nitrogen and oxygen atoms in total. The standard InChI is InChI=1S/C12H14BrNO2/c13-10-6-12(16)14(7-10)11(8-15)9-4-2-1-3-5-9/h1-5,10-11,15H,6-8H2/t10?,11-/m0/s1. The molecule has 0 aromatic heterocycles. The number of aliphatic hydroxyl groups is 1. The first-order valence-corrected chi connectivity index (χ1v) is 6.23. The molecule has 16 heavy (non-hydrogen) atoms. The van der Waals surface area contributed by atoms with E-state index in [1.54, 1.807) is 4.90 Å². The molecule has 0 radical (unpaired) electrons. The van der Waals surface area contributed by atoms with Gasteiger partial charge in [0.25, 0.3) is 0 Å². The number of aliphatic hydroxyl groups excluding tert-OH is 1. The van der Waals surface area contributed by atoms with Crippen LogP contribution in [0.5, 0.6) is 0 Å². The van der Waals surface area contributed by atoms with Gasteiger partial charge in [-0.15, -0.1) is 0 Å². The molecule has 2 atom stereocenters. The monoisotopic (exact) mass is 283 g/mol. The van der Waals surface area contributed by atoms with Crippen molar-refractivity contribution in [3.63, 3.8) is 0 Å². The molecular formula is C12H14BrNO2. The first-order chi connectivity index (χ1) is 7.72. The van der Waals surface area contributed by atoms with Gasteiger partial charge in [0.1, 0.15) is 0 Å². The van der Waals surface area contributed by atoms with Crippen molar-refractivity contribution in [1.29, 1.82) is 0 Å². The predicted molar refractivity (Wildman–Crippen MR) is 65.3 cm³/mol. The molecule has 1 aromatic carbocycles. The maximum atomic E-state index is 11.7. The van der Waals surface area contributed by atoms with Crippen molar-refractivity contribution in [1.82, 2.24) is 4.90 Å². The molecule has 0 bridgehead atoms. The van der Waals surface area contributed by atoms with Gasteiger partial charge in [0.2, 0.25) is 5.91 Å². The minimum Gasteiger partial charge on any atom is -0.394 e. The van der Waals surface area contributed by atoms with Crippen LogP contribution >= 0.6 is 15.9 Å². The molecule has 1 unspecified atom stereocenters. The third-order valence-electron chi connectivity index (χ3n) is 2.84. The van der Waals surface area contributed by atoms with E-state index in [9.17, 15) is 9.90 Å². The molecule has 4 heteroatoms. The van der Waals surface area contributed by atoms with E-state index in [1.807, 2.05) is 30.3 Å². The van der Waals surface area contributed by atoms with Gasteiger partial charge in [-0.2, -0.15) is 0 Å². The lowest BCUT2D eigenvalue weighted by Crippen LogP contribution is -2.32. The molecule has 1 fully saturated rings. The normalized spacial score (nSPS) is 22.5. The fourth-order valence-electron chi connectivity index (χ4n) is 2.05. The third-order valence-corrected chi connectivity index (χ3v) is 3.46. The minimum atomic E-state index is -0.212. The summed E-state index contributed by atoms with van der Waals surface area (Å²) in [5.74, 6) is 0.102. The lowest BCUT2D eigenvalue weighted by atomic mass is 10.1. The minimum absolute atomic E-state index is 0.0323. The van der Waals surface area contributed by atoms with Gasteiger partial charge in [-0.05, 0) is 5.56 Å². The highest BCUT2D eigenvalue weighted by atomic mass is 79.9. The highest BCUT2D eigenvalue weighted by Crippen LogP contribution is 2.28. The van der Waals surface area contributed by atoms with E-state index in [0.717, 1.165) is 5.56 Å². The zero-order valence-electron chi connectivity index (χ0n) is 8.84. The number of hydrogen-bond donors (Lipinski definition) is 1. The van der Waals surface area contributed by atoms with Crippen LogP contribution in [0.4, 0.5) is 0 Å². The van der Waals surface area contributed by atoms with Gasteiger partial charge in [-0.25, -0.2) is 0 Å². The van der Waals surface area contributed by atoms with Crippen LogP contribution in [-0.4, -0.2) is 33.9 Å². The Labute approximate surface area is 103 Å². The number of likely N-dealkylation sites (tertiary alicyclic amines) is 1. The summed E-state index contributed by atoms with van der Waals surface area (Å²) in [7, 11) is 0. The second-order valence-corrected chi connectivity index (χ2v) is 5.25. The lowest BCUT2D eigenvalue weighted by Gasteiger charge is -2.26. The van der Waals surface area contributed by atoms with Crippen molar-refractivity contribution in [3.8, 4) is 0 Å². The van der Waals surface area contributed by atoms with Gasteiger partial charge in [0, 0.05) is 17.8 Å². The molecule has 1 aromatic rings. The molecule has 0 saturated carbocycles. The molecule has 1 heterocycles. The Bertz CT molecular complexity index is 369. The summed E-state index contributed by atoms with van der Waals surface area (Å²) in [4.78, 5) is 13.7. The first kappa shape index (κ1) is 11.6. The van der Waals surface area contributed by atoms with Gasteiger partial charge < -0.3 is 10.0 Å². The van der Waals surface area contributed by atoms with Crippen LogP contribution < -0.4 is 0 Å². The van der Waals surface area contributed by atoms with Gasteiger partial charge >= 0.3 is 0 Å². The zero-order valence-corrected chi connectivity index (χ0v) is 10.4. The number of benzene rings is 1. The molecule has 86 valence electrons. The summed E-state index contributed by atoms with van der Waals surface area (Å²) in [5.41, 5.74) is 0.986. The van der Waals surface area contributed by atoms with E-state index in [2.05, 4.69) is 15.9 Å². The molecule has 2 rings (SSSR count). The molecule has 1 N–H and O–H groups in total. The molecule has 1 aliphatic rings. The smallest absolute Gasteiger partial charge is 0.224 e. The number of rotatable bonds is 3. The maximum Gasteiger partial charge on any atom is 0.224 e. The Kier molecular flexibility index (Phi) is 3.61. The highest BCUT2D eigenvalue weighted by molar-refractivity contribution is 9.09. The van der Waals surface area contributed by atoms with Crippen molar-refractivity contribution in [3.05, 3.63) is 35.9 Å². The van der Waals surface area contributed by atoms with Gasteiger partial charge in [0.05, 0.1) is 12.6 Å². The topological polar surface area (TPSA) is 40.5 Å². The highest BCUT2D eigenvalue weighted by Gasteiger charge is 2.33. The summed E-state index contributed by atoms with van der Waals surface area (Å²) in [6.07, 6.45) is 0.517. The second-order valence-electron chi connectivity index (χ2n) is 3.96. The second kappa shape index (κ2) is 4.97. The van der Waals surface area contributed by atoms with Gasteiger partial charge in [0.15, 0.2) is 0 Å². The summed E-state index contributed by atoms with van der Waals surface area (Å²) in [5, 5.41) is 9.43. The van der Waals surface area contributed by atoms with Crippen molar-refractivity contribution in [2.75, 3.05) is 13.2 Å². The molecule has 1 saturated heterocycles. The predicted octanol–water partition coefficient (Wildman–Crippen LogP) is 1.72. The Hall–Kier alpha value is -0.870. The third kappa shape index (κ3) is 2.28. The van der Waals surface area contributed by atoms with E-state index >= 15 is 0 Å². The summed E-state index contributed by atoms with van der Waals surface area (Å²) >= 11 is 3.44. The SMILES string of the molecule is O=C1CC(Br)CN1[C@@H](CO)c1ccccc1. The van der Waals surface area contributed by atoms with Crippen LogP contribution in [0, 0.1) is 0 Å². The van der Waals surface area contributed by atoms with Gasteiger partial charge in [-0.3, -0.25) is 4.79 Å². The summed E-state index contributed by atoms with van der Waals surface area (Å²) in [6.45, 7) is 0.633. The van der Waals surface area contributed by atoms with E-state index in [1.165, 1.54) is 0 Å². The number of nitrogens with zero attached hydrogens (tertiary/aromatic N) is 1. The number of amides is 1. The van der Waals surface area contributed by atoms with Crippen LogP contribution in [0.15, 0.2) is 30.3 Å². The number of halogens is 1. The molecule has 1 amide bonds. The number of carbonyl (C=O) groups is 1. The van der Waals surface area contributed by atoms with Crippen LogP contribution in [-0.2, 0) is 4.79 Å². The summed E-state index contributed by atoms with van der Waals surface area (Å²) in [6, 6.07) is 9.44. The van der Waals surface area contributed by atoms with E-state index in [4.69, 9.17) is 0 Å². The maximum absolute atomic E-state index is 11.7. The largest absolute Gasteiger partial charge is 0.394 e. The lowest BCUT2D eigenvalue weighted by molar-refractivity contribution is -0.130. The van der Waals surface area contributed by atoms with E-state index in [-0.39, 0.29) is 23.4 Å². The quantitative estimate of drug-likeness (QED) is 0.858. The summed E-state index contributed by atoms with van der Waals surface area (Å²) < 4.78 is 0. The Balaban J connectivity index is 2.20. The van der Waals surface area contributed by atoms with E-state index in [0.29, 0.717) is 13.0 Å². The first-order valence-electron chi connectivity index (χ1n) is 5.31. The molecule has 1 aliphatic heterocycles. The van der Waals surface area contributed by atoms with Crippen LogP contribution in [0.3, 0.4) is 0 Å². The fraction of sp³-hybridized carbons (Fsp3) is 0.417. The number of carbonyl (C=O) groups excluding carboxylic acids is 1. The molecular weight excluding hydrogens is 270 g/mol. The fourth-order valence-corrected chi connectivity index (χ4v) is 2.64. The Morgan fingerprint density at radius 1 is 1.44 bits per heavy atom. The van der Waals surface area contributed by atoms with Crippen molar-refractivity contribution in [2.24, 2.45) is 0 Å².